The van der Waals surface area contributed by atoms with Gasteiger partial charge in [0.15, 0.2) is 0 Å². The van der Waals surface area contributed by atoms with Crippen molar-refractivity contribution in [3.8, 4) is 0 Å². The number of aliphatic carboxylic acids is 1. The first-order valence-corrected chi connectivity index (χ1v) is 13.2. The number of carboxylic acids is 1. The highest BCUT2D eigenvalue weighted by atomic mass is 35.5. The molecule has 3 aromatic carbocycles. The van der Waals surface area contributed by atoms with Crippen LogP contribution in [0.1, 0.15) is 40.2 Å². The summed E-state index contributed by atoms with van der Waals surface area (Å²) in [7, 11) is 0. The minimum absolute atomic E-state index is 0.179. The van der Waals surface area contributed by atoms with Gasteiger partial charge in [-0.05, 0) is 66.9 Å². The van der Waals surface area contributed by atoms with Crippen LogP contribution in [-0.4, -0.2) is 40.0 Å². The van der Waals surface area contributed by atoms with Crippen molar-refractivity contribution in [2.75, 3.05) is 28.6 Å². The summed E-state index contributed by atoms with van der Waals surface area (Å²) >= 11 is 6.42. The Morgan fingerprint density at radius 1 is 0.846 bits per heavy atom. The molecule has 8 nitrogen and oxygen atoms in total. The molecule has 2 heterocycles. The molecule has 39 heavy (non-hydrogen) atoms. The maximum atomic E-state index is 12.8. The highest BCUT2D eigenvalue weighted by Gasteiger charge is 2.23. The van der Waals surface area contributed by atoms with Gasteiger partial charge >= 0.3 is 5.97 Å². The van der Waals surface area contributed by atoms with Gasteiger partial charge in [-0.25, -0.2) is 9.97 Å². The second-order valence-electron chi connectivity index (χ2n) is 9.39. The Bertz CT molecular complexity index is 1450. The van der Waals surface area contributed by atoms with Crippen molar-refractivity contribution in [3.63, 3.8) is 0 Å². The summed E-state index contributed by atoms with van der Waals surface area (Å²) in [5.74, 6) is -0.0321. The van der Waals surface area contributed by atoms with Crippen LogP contribution in [0.15, 0.2) is 78.9 Å². The van der Waals surface area contributed by atoms with E-state index in [1.54, 1.807) is 12.1 Å². The fourth-order valence-corrected chi connectivity index (χ4v) is 4.79. The van der Waals surface area contributed by atoms with E-state index in [4.69, 9.17) is 16.6 Å². The molecule has 1 fully saturated rings. The molecule has 0 radical (unpaired) electrons. The van der Waals surface area contributed by atoms with Crippen LogP contribution in [0.4, 0.5) is 22.9 Å². The van der Waals surface area contributed by atoms with Crippen molar-refractivity contribution in [1.29, 1.82) is 0 Å². The van der Waals surface area contributed by atoms with Crippen LogP contribution in [-0.2, 0) is 17.6 Å². The molecule has 0 atom stereocenters. The smallest absolute Gasteiger partial charge is 0.308 e. The fourth-order valence-electron chi connectivity index (χ4n) is 4.55. The summed E-state index contributed by atoms with van der Waals surface area (Å²) in [6.45, 7) is 1.64. The molecule has 3 N–H and O–H groups in total. The van der Waals surface area contributed by atoms with Crippen molar-refractivity contribution in [1.82, 2.24) is 9.97 Å². The van der Waals surface area contributed by atoms with Gasteiger partial charge in [0.25, 0.3) is 5.91 Å². The maximum absolute atomic E-state index is 12.8. The summed E-state index contributed by atoms with van der Waals surface area (Å²) < 4.78 is 0. The number of amides is 1. The van der Waals surface area contributed by atoms with E-state index >= 15 is 0 Å². The van der Waals surface area contributed by atoms with Crippen LogP contribution in [0.2, 0.25) is 5.15 Å². The molecule has 0 spiro atoms. The molecule has 1 aliphatic rings. The molecule has 1 amide bonds. The van der Waals surface area contributed by atoms with E-state index in [0.29, 0.717) is 34.9 Å². The summed E-state index contributed by atoms with van der Waals surface area (Å²) in [6, 6.07) is 24.6. The first-order valence-electron chi connectivity index (χ1n) is 12.8. The Labute approximate surface area is 231 Å². The van der Waals surface area contributed by atoms with E-state index in [1.807, 2.05) is 66.7 Å². The molecule has 0 saturated carbocycles. The summed E-state index contributed by atoms with van der Waals surface area (Å²) in [6.07, 6.45) is 2.28. The SMILES string of the molecule is O=C(O)Cc1c(Cl)nc(Cc2ccc(NC(=O)c3ccc(Nc4ccccc4)cc3)cc2)nc1N1CCCC1. The standard InChI is InChI=1S/C30H28ClN5O3/c31-28-25(19-27(37)38)29(36-16-4-5-17-36)35-26(34-28)18-20-8-12-24(13-9-20)33-30(39)21-10-14-23(15-11-21)32-22-6-2-1-3-7-22/h1-3,6-15,32H,4-5,16-19H2,(H,33,39)(H,37,38). The number of rotatable bonds is 9. The van der Waals surface area contributed by atoms with E-state index in [9.17, 15) is 14.7 Å². The number of nitrogens with one attached hydrogen (secondary N) is 2. The Kier molecular flexibility index (Phi) is 8.03. The normalized spacial score (nSPS) is 12.8. The van der Waals surface area contributed by atoms with E-state index in [-0.39, 0.29) is 17.5 Å². The van der Waals surface area contributed by atoms with Gasteiger partial charge in [0.05, 0.1) is 6.42 Å². The molecular formula is C30H28ClN5O3. The van der Waals surface area contributed by atoms with Crippen molar-refractivity contribution >= 4 is 46.4 Å². The number of carbonyl (C=O) groups is 2. The van der Waals surface area contributed by atoms with E-state index in [1.165, 1.54) is 0 Å². The number of aromatic nitrogens is 2. The van der Waals surface area contributed by atoms with E-state index < -0.39 is 5.97 Å². The predicted octanol–water partition coefficient (Wildman–Crippen LogP) is 5.94. The van der Waals surface area contributed by atoms with E-state index in [2.05, 4.69) is 20.5 Å². The molecular weight excluding hydrogens is 514 g/mol. The number of benzene rings is 3. The third-order valence-corrected chi connectivity index (χ3v) is 6.81. The molecule has 0 aliphatic carbocycles. The van der Waals surface area contributed by atoms with Crippen LogP contribution >= 0.6 is 11.6 Å². The molecule has 4 aromatic rings. The zero-order valence-corrected chi connectivity index (χ0v) is 22.0. The van der Waals surface area contributed by atoms with Crippen LogP contribution in [0, 0.1) is 0 Å². The fraction of sp³-hybridized carbons (Fsp3) is 0.200. The Hall–Kier alpha value is -4.43. The largest absolute Gasteiger partial charge is 0.481 e. The first-order chi connectivity index (χ1) is 18.9. The maximum Gasteiger partial charge on any atom is 0.308 e. The van der Waals surface area contributed by atoms with Gasteiger partial charge in [-0.2, -0.15) is 0 Å². The average Bonchev–Trinajstić information content (AvgIpc) is 3.47. The van der Waals surface area contributed by atoms with Gasteiger partial charge in [0.1, 0.15) is 16.8 Å². The quantitative estimate of drug-likeness (QED) is 0.225. The molecule has 0 unspecified atom stereocenters. The van der Waals surface area contributed by atoms with Crippen molar-refractivity contribution in [2.24, 2.45) is 0 Å². The van der Waals surface area contributed by atoms with Crippen LogP contribution < -0.4 is 15.5 Å². The molecule has 1 saturated heterocycles. The number of hydrogen-bond donors (Lipinski definition) is 3. The summed E-state index contributed by atoms with van der Waals surface area (Å²) in [4.78, 5) is 35.3. The summed E-state index contributed by atoms with van der Waals surface area (Å²) in [5, 5.41) is 15.7. The van der Waals surface area contributed by atoms with E-state index in [0.717, 1.165) is 42.9 Å². The van der Waals surface area contributed by atoms with Gasteiger partial charge in [-0.15, -0.1) is 0 Å². The zero-order valence-electron chi connectivity index (χ0n) is 21.2. The molecule has 1 aromatic heterocycles. The molecule has 0 bridgehead atoms. The van der Waals surface area contributed by atoms with Gasteiger partial charge in [-0.3, -0.25) is 9.59 Å². The number of hydrogen-bond acceptors (Lipinski definition) is 6. The Morgan fingerprint density at radius 2 is 1.49 bits per heavy atom. The monoisotopic (exact) mass is 541 g/mol. The number of carbonyl (C=O) groups excluding carboxylic acids is 1. The lowest BCUT2D eigenvalue weighted by molar-refractivity contribution is -0.136. The lowest BCUT2D eigenvalue weighted by Crippen LogP contribution is -2.23. The number of carboxylic acid groups (broad SMARTS) is 1. The molecule has 5 rings (SSSR count). The van der Waals surface area contributed by atoms with Gasteiger partial charge in [0.2, 0.25) is 0 Å². The van der Waals surface area contributed by atoms with Crippen LogP contribution in [0.3, 0.4) is 0 Å². The van der Waals surface area contributed by atoms with Gasteiger partial charge < -0.3 is 20.6 Å². The molecule has 1 aliphatic heterocycles. The lowest BCUT2D eigenvalue weighted by Gasteiger charge is -2.21. The highest BCUT2D eigenvalue weighted by molar-refractivity contribution is 6.30. The van der Waals surface area contributed by atoms with Crippen molar-refractivity contribution < 1.29 is 14.7 Å². The molecule has 9 heteroatoms. The number of para-hydroxylation sites is 1. The lowest BCUT2D eigenvalue weighted by atomic mass is 10.1. The topological polar surface area (TPSA) is 107 Å². The predicted molar refractivity (Wildman–Crippen MR) is 153 cm³/mol. The van der Waals surface area contributed by atoms with Crippen LogP contribution in [0.5, 0.6) is 0 Å². The molecule has 198 valence electrons. The highest BCUT2D eigenvalue weighted by Crippen LogP contribution is 2.29. The number of halogens is 1. The van der Waals surface area contributed by atoms with Crippen molar-refractivity contribution in [3.05, 3.63) is 107 Å². The van der Waals surface area contributed by atoms with Crippen LogP contribution in [0.25, 0.3) is 0 Å². The average molecular weight is 542 g/mol. The van der Waals surface area contributed by atoms with Gasteiger partial charge in [0, 0.05) is 47.7 Å². The second kappa shape index (κ2) is 12.0. The third-order valence-electron chi connectivity index (χ3n) is 6.50. The second-order valence-corrected chi connectivity index (χ2v) is 9.75. The minimum atomic E-state index is -0.967. The minimum Gasteiger partial charge on any atom is -0.481 e. The van der Waals surface area contributed by atoms with Crippen molar-refractivity contribution in [2.45, 2.75) is 25.7 Å². The summed E-state index contributed by atoms with van der Waals surface area (Å²) in [5.41, 5.74) is 4.50. The first kappa shape index (κ1) is 26.2. The number of anilines is 4. The zero-order chi connectivity index (χ0) is 27.2. The third kappa shape index (κ3) is 6.72. The number of nitrogens with zero attached hydrogens (tertiary/aromatic N) is 3. The Balaban J connectivity index is 1.24. The van der Waals surface area contributed by atoms with Gasteiger partial charge in [-0.1, -0.05) is 41.9 Å². The Morgan fingerprint density at radius 3 is 2.15 bits per heavy atom.